The van der Waals surface area contributed by atoms with E-state index in [1.807, 2.05) is 44.7 Å². The second kappa shape index (κ2) is 6.19. The number of thioether (sulfide) groups is 1. The van der Waals surface area contributed by atoms with Crippen LogP contribution in [0.1, 0.15) is 25.0 Å². The van der Waals surface area contributed by atoms with Crippen LogP contribution in [0.4, 0.5) is 5.69 Å². The second-order valence-electron chi connectivity index (χ2n) is 6.85. The summed E-state index contributed by atoms with van der Waals surface area (Å²) < 4.78 is 24.1. The summed E-state index contributed by atoms with van der Waals surface area (Å²) in [5, 5.41) is 0.569. The number of carbonyl (C=O) groups excluding carboxylic acids is 1. The smallest absolute Gasteiger partial charge is 0.250 e. The van der Waals surface area contributed by atoms with Crippen LogP contribution in [0.15, 0.2) is 23.2 Å². The van der Waals surface area contributed by atoms with E-state index in [9.17, 15) is 13.2 Å². The van der Waals surface area contributed by atoms with E-state index in [0.717, 1.165) is 16.8 Å². The van der Waals surface area contributed by atoms with Crippen molar-refractivity contribution in [1.82, 2.24) is 0 Å². The highest BCUT2D eigenvalue weighted by atomic mass is 32.2. The fourth-order valence-corrected chi connectivity index (χ4v) is 7.06. The molecule has 0 N–H and O–H groups in total. The Balaban J connectivity index is 2.06. The molecule has 5 nitrogen and oxygen atoms in total. The first-order valence-corrected chi connectivity index (χ1v) is 10.7. The highest BCUT2D eigenvalue weighted by Gasteiger charge is 2.49. The van der Waals surface area contributed by atoms with Crippen molar-refractivity contribution in [2.75, 3.05) is 16.4 Å². The number of anilines is 1. The van der Waals surface area contributed by atoms with Gasteiger partial charge in [0.1, 0.15) is 0 Å². The molecule has 0 unspecified atom stereocenters. The van der Waals surface area contributed by atoms with Gasteiger partial charge in [-0.3, -0.25) is 4.79 Å². The van der Waals surface area contributed by atoms with Crippen LogP contribution in [-0.4, -0.2) is 42.3 Å². The third kappa shape index (κ3) is 3.24. The molecule has 2 saturated heterocycles. The number of hydrogen-bond acceptors (Lipinski definition) is 4. The van der Waals surface area contributed by atoms with E-state index in [1.165, 1.54) is 11.8 Å². The summed E-state index contributed by atoms with van der Waals surface area (Å²) in [4.78, 5) is 18.4. The number of benzene rings is 1. The SMILES string of the molecule is Cc1ccc(N2C(=NC(=O)C(C)C)S[C@@H]3CS(=O)(=O)C[C@@H]32)c(C)c1. The van der Waals surface area contributed by atoms with Gasteiger partial charge in [0.05, 0.1) is 17.5 Å². The van der Waals surface area contributed by atoms with E-state index in [2.05, 4.69) is 11.1 Å². The Hall–Kier alpha value is -1.34. The average Bonchev–Trinajstić information content (AvgIpc) is 2.91. The average molecular weight is 367 g/mol. The number of aliphatic imine (C=N–C) groups is 1. The Morgan fingerprint density at radius 1 is 1.29 bits per heavy atom. The summed E-state index contributed by atoms with van der Waals surface area (Å²) in [5.41, 5.74) is 3.15. The summed E-state index contributed by atoms with van der Waals surface area (Å²) >= 11 is 1.42. The number of carbonyl (C=O) groups is 1. The highest BCUT2D eigenvalue weighted by Crippen LogP contribution is 2.42. The minimum absolute atomic E-state index is 0.0607. The highest BCUT2D eigenvalue weighted by molar-refractivity contribution is 8.16. The normalized spacial score (nSPS) is 27.0. The molecule has 1 amide bonds. The summed E-state index contributed by atoms with van der Waals surface area (Å²) in [7, 11) is -3.04. The molecule has 0 spiro atoms. The lowest BCUT2D eigenvalue weighted by molar-refractivity contribution is -0.120. The van der Waals surface area contributed by atoms with Gasteiger partial charge in [-0.1, -0.05) is 43.3 Å². The summed E-state index contributed by atoms with van der Waals surface area (Å²) in [5.74, 6) is -0.0794. The number of nitrogens with zero attached hydrogens (tertiary/aromatic N) is 2. The van der Waals surface area contributed by atoms with Crippen molar-refractivity contribution in [3.63, 3.8) is 0 Å². The molecule has 2 atom stereocenters. The van der Waals surface area contributed by atoms with Gasteiger partial charge in [-0.15, -0.1) is 0 Å². The molecule has 0 saturated carbocycles. The van der Waals surface area contributed by atoms with Gasteiger partial charge in [-0.05, 0) is 25.5 Å². The molecule has 0 bridgehead atoms. The van der Waals surface area contributed by atoms with Crippen LogP contribution < -0.4 is 4.90 Å². The molecule has 2 fully saturated rings. The van der Waals surface area contributed by atoms with Crippen molar-refractivity contribution in [2.24, 2.45) is 10.9 Å². The Morgan fingerprint density at radius 2 is 2.00 bits per heavy atom. The number of rotatable bonds is 2. The first-order valence-electron chi connectivity index (χ1n) is 8.04. The van der Waals surface area contributed by atoms with Crippen LogP contribution in [0.2, 0.25) is 0 Å². The van der Waals surface area contributed by atoms with Crippen molar-refractivity contribution < 1.29 is 13.2 Å². The van der Waals surface area contributed by atoms with E-state index in [1.54, 1.807) is 0 Å². The van der Waals surface area contributed by atoms with Crippen LogP contribution in [0.25, 0.3) is 0 Å². The maximum absolute atomic E-state index is 12.1. The number of hydrogen-bond donors (Lipinski definition) is 0. The van der Waals surface area contributed by atoms with E-state index in [0.29, 0.717) is 5.17 Å². The van der Waals surface area contributed by atoms with Crippen LogP contribution >= 0.6 is 11.8 Å². The Kier molecular flexibility index (Phi) is 4.51. The number of aryl methyl sites for hydroxylation is 2. The van der Waals surface area contributed by atoms with Crippen LogP contribution in [-0.2, 0) is 14.6 Å². The van der Waals surface area contributed by atoms with Gasteiger partial charge in [-0.25, -0.2) is 8.42 Å². The standard InChI is InChI=1S/C17H22N2O3S2/c1-10(2)16(20)18-17-19(13-6-5-11(3)7-12(13)4)14-8-24(21,22)9-15(14)23-17/h5-7,10,14-15H,8-9H2,1-4H3/t14-,15+/m0/s1. The minimum Gasteiger partial charge on any atom is -0.315 e. The number of amidine groups is 1. The number of fused-ring (bicyclic) bond motifs is 1. The zero-order valence-electron chi connectivity index (χ0n) is 14.3. The van der Waals surface area contributed by atoms with Gasteiger partial charge in [-0.2, -0.15) is 4.99 Å². The quantitative estimate of drug-likeness (QED) is 0.805. The molecular formula is C17H22N2O3S2. The summed E-state index contributed by atoms with van der Waals surface area (Å²) in [6, 6.07) is 5.92. The third-order valence-electron chi connectivity index (χ3n) is 4.38. The van der Waals surface area contributed by atoms with Gasteiger partial charge < -0.3 is 4.90 Å². The topological polar surface area (TPSA) is 66.8 Å². The van der Waals surface area contributed by atoms with Crippen molar-refractivity contribution in [1.29, 1.82) is 0 Å². The zero-order valence-corrected chi connectivity index (χ0v) is 15.9. The minimum atomic E-state index is -3.04. The predicted molar refractivity (Wildman–Crippen MR) is 99.5 cm³/mol. The van der Waals surface area contributed by atoms with E-state index in [-0.39, 0.29) is 34.6 Å². The fourth-order valence-electron chi connectivity index (χ4n) is 3.15. The fraction of sp³-hybridized carbons (Fsp3) is 0.529. The number of amides is 1. The Labute approximate surface area is 147 Å². The van der Waals surface area contributed by atoms with Gasteiger partial charge in [0.15, 0.2) is 15.0 Å². The maximum atomic E-state index is 12.1. The van der Waals surface area contributed by atoms with Crippen molar-refractivity contribution >= 4 is 38.4 Å². The van der Waals surface area contributed by atoms with Crippen LogP contribution in [0.3, 0.4) is 0 Å². The summed E-state index contributed by atoms with van der Waals surface area (Å²) in [6.45, 7) is 7.67. The molecular weight excluding hydrogens is 344 g/mol. The first-order chi connectivity index (χ1) is 11.2. The van der Waals surface area contributed by atoms with Crippen molar-refractivity contribution in [3.8, 4) is 0 Å². The Morgan fingerprint density at radius 3 is 2.62 bits per heavy atom. The molecule has 0 aliphatic carbocycles. The van der Waals surface area contributed by atoms with Gasteiger partial charge >= 0.3 is 0 Å². The van der Waals surface area contributed by atoms with Gasteiger partial charge in [0.2, 0.25) is 0 Å². The molecule has 2 aliphatic heterocycles. The molecule has 7 heteroatoms. The lowest BCUT2D eigenvalue weighted by Gasteiger charge is -2.26. The largest absolute Gasteiger partial charge is 0.315 e. The molecule has 2 heterocycles. The third-order valence-corrected chi connectivity index (χ3v) is 7.59. The van der Waals surface area contributed by atoms with E-state index in [4.69, 9.17) is 0 Å². The molecule has 0 aromatic heterocycles. The van der Waals surface area contributed by atoms with E-state index < -0.39 is 9.84 Å². The zero-order chi connectivity index (χ0) is 17.6. The molecule has 2 aliphatic rings. The molecule has 1 aromatic rings. The number of sulfone groups is 1. The van der Waals surface area contributed by atoms with Gasteiger partial charge in [0, 0.05) is 16.9 Å². The lowest BCUT2D eigenvalue weighted by Crippen LogP contribution is -2.38. The Bertz CT molecular complexity index is 815. The molecule has 0 radical (unpaired) electrons. The molecule has 24 heavy (non-hydrogen) atoms. The maximum Gasteiger partial charge on any atom is 0.250 e. The monoisotopic (exact) mass is 366 g/mol. The van der Waals surface area contributed by atoms with E-state index >= 15 is 0 Å². The molecule has 3 rings (SSSR count). The first kappa shape index (κ1) is 17.5. The van der Waals surface area contributed by atoms with Crippen molar-refractivity contribution in [2.45, 2.75) is 39.0 Å². The van der Waals surface area contributed by atoms with Crippen LogP contribution in [0.5, 0.6) is 0 Å². The molecule has 1 aromatic carbocycles. The predicted octanol–water partition coefficient (Wildman–Crippen LogP) is 2.56. The van der Waals surface area contributed by atoms with Crippen LogP contribution in [0, 0.1) is 19.8 Å². The lowest BCUT2D eigenvalue weighted by atomic mass is 10.1. The molecule has 130 valence electrons. The second-order valence-corrected chi connectivity index (χ2v) is 10.2. The summed E-state index contributed by atoms with van der Waals surface area (Å²) in [6.07, 6.45) is 0. The van der Waals surface area contributed by atoms with Gasteiger partial charge in [0.25, 0.3) is 5.91 Å². The van der Waals surface area contributed by atoms with Crippen molar-refractivity contribution in [3.05, 3.63) is 29.3 Å².